The Kier molecular flexibility index (Phi) is 7.82. The van der Waals surface area contributed by atoms with E-state index in [4.69, 9.17) is 14.1 Å². The van der Waals surface area contributed by atoms with E-state index in [1.807, 2.05) is 30.3 Å². The number of ether oxygens (including phenoxy) is 1. The first-order valence-corrected chi connectivity index (χ1v) is 16.1. The van der Waals surface area contributed by atoms with Crippen LogP contribution in [0.2, 0.25) is 0 Å². The van der Waals surface area contributed by atoms with Crippen LogP contribution in [0.25, 0.3) is 55.8 Å². The SMILES string of the molecule is CCOC(=O)c1ccc(-c2cc3ccccc3[nH]2)nc1-c1cc2c(C(=O)NC)c(-c3ccc(F)cc3)oc2cc1N(C)S(C)(=O)=O. The smallest absolute Gasteiger partial charge is 0.340 e. The number of pyridine rings is 1. The average molecular weight is 641 g/mol. The van der Waals surface area contributed by atoms with Gasteiger partial charge in [0.05, 0.1) is 46.8 Å². The molecule has 6 aromatic rings. The zero-order valence-corrected chi connectivity index (χ0v) is 26.2. The van der Waals surface area contributed by atoms with Crippen molar-refractivity contribution in [2.24, 2.45) is 0 Å². The maximum absolute atomic E-state index is 13.8. The summed E-state index contributed by atoms with van der Waals surface area (Å²) in [6, 6.07) is 21.4. The molecule has 12 heteroatoms. The number of carbonyl (C=O) groups excluding carboxylic acids is 2. The van der Waals surface area contributed by atoms with Crippen molar-refractivity contribution in [2.75, 3.05) is 31.3 Å². The normalized spacial score (nSPS) is 11.6. The highest BCUT2D eigenvalue weighted by molar-refractivity contribution is 7.92. The van der Waals surface area contributed by atoms with Crippen molar-refractivity contribution in [2.45, 2.75) is 6.92 Å². The molecule has 6 rings (SSSR count). The molecule has 0 saturated carbocycles. The number of furan rings is 1. The molecule has 2 N–H and O–H groups in total. The molecule has 0 aliphatic carbocycles. The van der Waals surface area contributed by atoms with E-state index >= 15 is 0 Å². The summed E-state index contributed by atoms with van der Waals surface area (Å²) in [4.78, 5) is 34.8. The van der Waals surface area contributed by atoms with Crippen molar-refractivity contribution in [3.05, 3.63) is 95.8 Å². The molecule has 0 saturated heterocycles. The number of hydrogen-bond donors (Lipinski definition) is 2. The van der Waals surface area contributed by atoms with Crippen molar-refractivity contribution in [1.82, 2.24) is 15.3 Å². The van der Waals surface area contributed by atoms with Crippen LogP contribution >= 0.6 is 0 Å². The van der Waals surface area contributed by atoms with E-state index in [-0.39, 0.29) is 46.0 Å². The summed E-state index contributed by atoms with van der Waals surface area (Å²) < 4.78 is 52.2. The fourth-order valence-corrected chi connectivity index (χ4v) is 5.82. The van der Waals surface area contributed by atoms with Gasteiger partial charge >= 0.3 is 5.97 Å². The van der Waals surface area contributed by atoms with E-state index in [9.17, 15) is 22.4 Å². The Bertz CT molecular complexity index is 2220. The van der Waals surface area contributed by atoms with E-state index in [0.29, 0.717) is 22.3 Å². The van der Waals surface area contributed by atoms with Crippen LogP contribution in [-0.2, 0) is 14.8 Å². The Morgan fingerprint density at radius 2 is 1.78 bits per heavy atom. The van der Waals surface area contributed by atoms with Crippen LogP contribution in [0.5, 0.6) is 0 Å². The molecule has 0 unspecified atom stereocenters. The van der Waals surface area contributed by atoms with Gasteiger partial charge in [-0.15, -0.1) is 0 Å². The standard InChI is InChI=1S/C34H29FN4O6S/c1-5-44-34(41)22-14-15-26(27-16-20-8-6-7-9-25(20)37-27)38-31(22)23-17-24-29(18-28(23)39(3)46(4,42)43)45-32(30(24)33(40)36-2)19-10-12-21(35)13-11-19/h6-18,37H,5H2,1-4H3,(H,36,40). The van der Waals surface area contributed by atoms with Crippen LogP contribution in [0.4, 0.5) is 10.1 Å². The number of fused-ring (bicyclic) bond motifs is 2. The minimum Gasteiger partial charge on any atom is -0.462 e. The topological polar surface area (TPSA) is 135 Å². The third-order valence-electron chi connectivity index (χ3n) is 7.66. The second kappa shape index (κ2) is 11.8. The Morgan fingerprint density at radius 1 is 1.04 bits per heavy atom. The molecule has 1 amide bonds. The molecule has 0 fully saturated rings. The van der Waals surface area contributed by atoms with Gasteiger partial charge in [0.25, 0.3) is 5.91 Å². The molecule has 0 radical (unpaired) electrons. The van der Waals surface area contributed by atoms with Gasteiger partial charge in [-0.2, -0.15) is 0 Å². The average Bonchev–Trinajstić information content (AvgIpc) is 3.65. The van der Waals surface area contributed by atoms with E-state index in [1.54, 1.807) is 25.1 Å². The van der Waals surface area contributed by atoms with Gasteiger partial charge in [0.15, 0.2) is 0 Å². The summed E-state index contributed by atoms with van der Waals surface area (Å²) in [7, 11) is -1.00. The Morgan fingerprint density at radius 3 is 2.46 bits per heavy atom. The first-order chi connectivity index (χ1) is 22.0. The van der Waals surface area contributed by atoms with Gasteiger partial charge in [0.2, 0.25) is 10.0 Å². The van der Waals surface area contributed by atoms with Crippen molar-refractivity contribution in [3.63, 3.8) is 0 Å². The lowest BCUT2D eigenvalue weighted by Crippen LogP contribution is -2.25. The van der Waals surface area contributed by atoms with Crippen LogP contribution in [0, 0.1) is 5.82 Å². The summed E-state index contributed by atoms with van der Waals surface area (Å²) in [5, 5.41) is 3.90. The first kappa shape index (κ1) is 30.5. The van der Waals surface area contributed by atoms with Crippen LogP contribution in [0.1, 0.15) is 27.6 Å². The lowest BCUT2D eigenvalue weighted by molar-refractivity contribution is 0.0526. The van der Waals surface area contributed by atoms with Crippen LogP contribution in [0.15, 0.2) is 83.3 Å². The monoisotopic (exact) mass is 640 g/mol. The molecule has 3 aromatic carbocycles. The highest BCUT2D eigenvalue weighted by Crippen LogP contribution is 2.42. The number of sulfonamides is 1. The predicted octanol–water partition coefficient (Wildman–Crippen LogP) is 6.38. The summed E-state index contributed by atoms with van der Waals surface area (Å²) in [5.74, 6) is -1.46. The lowest BCUT2D eigenvalue weighted by atomic mass is 9.98. The highest BCUT2D eigenvalue weighted by atomic mass is 32.2. The Balaban J connectivity index is 1.69. The molecule has 46 heavy (non-hydrogen) atoms. The molecule has 0 aliphatic rings. The number of esters is 1. The first-order valence-electron chi connectivity index (χ1n) is 14.3. The Labute approximate surface area is 263 Å². The van der Waals surface area contributed by atoms with Crippen LogP contribution in [0.3, 0.4) is 0 Å². The van der Waals surface area contributed by atoms with Crippen LogP contribution < -0.4 is 9.62 Å². The van der Waals surface area contributed by atoms with Gasteiger partial charge in [-0.25, -0.2) is 22.6 Å². The predicted molar refractivity (Wildman–Crippen MR) is 175 cm³/mol. The molecule has 0 aliphatic heterocycles. The third-order valence-corrected chi connectivity index (χ3v) is 8.85. The number of benzene rings is 3. The van der Waals surface area contributed by atoms with Crippen molar-refractivity contribution >= 4 is 49.5 Å². The zero-order chi connectivity index (χ0) is 32.7. The zero-order valence-electron chi connectivity index (χ0n) is 25.3. The van der Waals surface area contributed by atoms with Crippen molar-refractivity contribution in [3.8, 4) is 34.0 Å². The van der Waals surface area contributed by atoms with Crippen molar-refractivity contribution < 1.29 is 31.6 Å². The molecule has 3 aromatic heterocycles. The maximum atomic E-state index is 13.8. The van der Waals surface area contributed by atoms with E-state index in [0.717, 1.165) is 21.5 Å². The number of nitrogens with zero attached hydrogens (tertiary/aromatic N) is 2. The molecule has 0 atom stereocenters. The lowest BCUT2D eigenvalue weighted by Gasteiger charge is -2.21. The Hall–Kier alpha value is -5.49. The van der Waals surface area contributed by atoms with E-state index in [2.05, 4.69) is 10.3 Å². The second-order valence-corrected chi connectivity index (χ2v) is 12.6. The number of amides is 1. The molecule has 234 valence electrons. The number of rotatable bonds is 8. The molecule has 0 bridgehead atoms. The quantitative estimate of drug-likeness (QED) is 0.184. The van der Waals surface area contributed by atoms with Crippen LogP contribution in [-0.4, -0.2) is 57.2 Å². The summed E-state index contributed by atoms with van der Waals surface area (Å²) >= 11 is 0. The fraction of sp³-hybridized carbons (Fsp3) is 0.147. The van der Waals surface area contributed by atoms with Gasteiger partial charge in [-0.05, 0) is 61.5 Å². The fourth-order valence-electron chi connectivity index (χ4n) is 5.32. The van der Waals surface area contributed by atoms with E-state index in [1.165, 1.54) is 44.4 Å². The third kappa shape index (κ3) is 5.47. The number of nitrogens with one attached hydrogen (secondary N) is 2. The molecule has 10 nitrogen and oxygen atoms in total. The minimum absolute atomic E-state index is 0.0907. The van der Waals surface area contributed by atoms with E-state index < -0.39 is 27.7 Å². The van der Waals surface area contributed by atoms with Gasteiger partial charge in [-0.3, -0.25) is 9.10 Å². The number of anilines is 1. The number of carbonyl (C=O) groups is 2. The highest BCUT2D eigenvalue weighted by Gasteiger charge is 2.28. The van der Waals surface area contributed by atoms with Gasteiger partial charge in [0, 0.05) is 47.6 Å². The van der Waals surface area contributed by atoms with Crippen molar-refractivity contribution in [1.29, 1.82) is 0 Å². The van der Waals surface area contributed by atoms with Gasteiger partial charge in [-0.1, -0.05) is 18.2 Å². The number of hydrogen-bond acceptors (Lipinski definition) is 7. The molecule has 3 heterocycles. The van der Waals surface area contributed by atoms with Gasteiger partial charge in [0.1, 0.15) is 17.2 Å². The number of halogens is 1. The number of aromatic amines is 1. The molecular weight excluding hydrogens is 611 g/mol. The number of para-hydroxylation sites is 1. The molecular formula is C34H29FN4O6S. The van der Waals surface area contributed by atoms with Gasteiger partial charge < -0.3 is 19.5 Å². The summed E-state index contributed by atoms with van der Waals surface area (Å²) in [6.07, 6.45) is 1.05. The minimum atomic E-state index is -3.84. The number of H-pyrrole nitrogens is 1. The molecule has 0 spiro atoms. The second-order valence-electron chi connectivity index (χ2n) is 10.6. The summed E-state index contributed by atoms with van der Waals surface area (Å²) in [6.45, 7) is 1.78. The number of aromatic nitrogens is 2. The maximum Gasteiger partial charge on any atom is 0.340 e. The summed E-state index contributed by atoms with van der Waals surface area (Å²) in [5.41, 5.74) is 3.41. The largest absolute Gasteiger partial charge is 0.462 e.